The van der Waals surface area contributed by atoms with E-state index in [1.54, 1.807) is 0 Å². The molecule has 124 valence electrons. The molecule has 0 aliphatic heterocycles. The number of benzene rings is 3. The van der Waals surface area contributed by atoms with Crippen molar-refractivity contribution in [1.29, 1.82) is 0 Å². The molecule has 0 amide bonds. The van der Waals surface area contributed by atoms with Crippen LogP contribution in [0.2, 0.25) is 0 Å². The van der Waals surface area contributed by atoms with Gasteiger partial charge in [-0.05, 0) is 59.4 Å². The molecule has 0 spiro atoms. The topological polar surface area (TPSA) is 0 Å². The third-order valence-electron chi connectivity index (χ3n) is 4.42. The van der Waals surface area contributed by atoms with E-state index in [-0.39, 0.29) is 0 Å². The Morgan fingerprint density at radius 2 is 1.00 bits per heavy atom. The molecule has 0 nitrogen and oxygen atoms in total. The van der Waals surface area contributed by atoms with E-state index in [1.807, 2.05) is 0 Å². The lowest BCUT2D eigenvalue weighted by Crippen LogP contribution is -1.83. The van der Waals surface area contributed by atoms with E-state index < -0.39 is 0 Å². The Balaban J connectivity index is 1.72. The van der Waals surface area contributed by atoms with Crippen molar-refractivity contribution >= 4 is 0 Å². The van der Waals surface area contributed by atoms with Crippen LogP contribution in [-0.4, -0.2) is 0 Å². The first-order valence-electron chi connectivity index (χ1n) is 9.09. The molecule has 0 saturated carbocycles. The minimum Gasteiger partial charge on any atom is -0.0651 e. The van der Waals surface area contributed by atoms with Crippen LogP contribution in [0.4, 0.5) is 0 Å². The molecular weight excluding hydrogens is 300 g/mol. The van der Waals surface area contributed by atoms with Crippen LogP contribution in [0.1, 0.15) is 42.5 Å². The Morgan fingerprint density at radius 1 is 0.560 bits per heavy atom. The molecule has 0 N–H and O–H groups in total. The minimum absolute atomic E-state index is 1.05. The van der Waals surface area contributed by atoms with Gasteiger partial charge in [-0.15, -0.1) is 0 Å². The standard InChI is InChI=1S/C25H24/c1-3-5-21-6-8-22(9-7-21)10-11-23-14-18-25(19-15-23)24-16-12-20(4-2)13-17-24/h6-9,12-19H,3-5H2,1-2H3. The predicted molar refractivity (Wildman–Crippen MR) is 108 cm³/mol. The van der Waals surface area contributed by atoms with Crippen LogP contribution in [0.15, 0.2) is 72.8 Å². The van der Waals surface area contributed by atoms with Crippen LogP contribution in [0, 0.1) is 11.8 Å². The van der Waals surface area contributed by atoms with Crippen molar-refractivity contribution < 1.29 is 0 Å². The first kappa shape index (κ1) is 17.1. The summed E-state index contributed by atoms with van der Waals surface area (Å²) in [6.07, 6.45) is 3.39. The normalized spacial score (nSPS) is 10.2. The van der Waals surface area contributed by atoms with Gasteiger partial charge >= 0.3 is 0 Å². The Morgan fingerprint density at radius 3 is 1.48 bits per heavy atom. The van der Waals surface area contributed by atoms with Gasteiger partial charge < -0.3 is 0 Å². The van der Waals surface area contributed by atoms with Crippen LogP contribution in [0.25, 0.3) is 11.1 Å². The third kappa shape index (κ3) is 4.61. The van der Waals surface area contributed by atoms with Crippen molar-refractivity contribution in [3.05, 3.63) is 95.1 Å². The molecule has 0 aliphatic carbocycles. The second-order valence-electron chi connectivity index (χ2n) is 6.32. The molecule has 3 aromatic carbocycles. The van der Waals surface area contributed by atoms with E-state index in [2.05, 4.69) is 98.5 Å². The van der Waals surface area contributed by atoms with Gasteiger partial charge in [-0.25, -0.2) is 0 Å². The minimum atomic E-state index is 1.05. The fraction of sp³-hybridized carbons (Fsp3) is 0.200. The fourth-order valence-electron chi connectivity index (χ4n) is 2.87. The maximum Gasteiger partial charge on any atom is 0.0249 e. The molecule has 3 rings (SSSR count). The molecule has 0 fully saturated rings. The molecule has 0 aromatic heterocycles. The summed E-state index contributed by atoms with van der Waals surface area (Å²) in [4.78, 5) is 0. The van der Waals surface area contributed by atoms with E-state index >= 15 is 0 Å². The Labute approximate surface area is 151 Å². The molecule has 0 saturated heterocycles. The zero-order valence-corrected chi connectivity index (χ0v) is 15.0. The lowest BCUT2D eigenvalue weighted by atomic mass is 10.0. The largest absolute Gasteiger partial charge is 0.0651 e. The van der Waals surface area contributed by atoms with Gasteiger partial charge in [0.25, 0.3) is 0 Å². The Hall–Kier alpha value is -2.78. The van der Waals surface area contributed by atoms with Crippen molar-refractivity contribution in [2.45, 2.75) is 33.1 Å². The highest BCUT2D eigenvalue weighted by Gasteiger charge is 1.98. The summed E-state index contributed by atoms with van der Waals surface area (Å²) < 4.78 is 0. The van der Waals surface area contributed by atoms with Crippen LogP contribution in [0.3, 0.4) is 0 Å². The van der Waals surface area contributed by atoms with Gasteiger partial charge in [-0.3, -0.25) is 0 Å². The van der Waals surface area contributed by atoms with Crippen molar-refractivity contribution in [2.24, 2.45) is 0 Å². The lowest BCUT2D eigenvalue weighted by molar-refractivity contribution is 0.922. The summed E-state index contributed by atoms with van der Waals surface area (Å²) in [6.45, 7) is 4.38. The van der Waals surface area contributed by atoms with E-state index in [4.69, 9.17) is 0 Å². The monoisotopic (exact) mass is 324 g/mol. The van der Waals surface area contributed by atoms with Crippen LogP contribution in [0.5, 0.6) is 0 Å². The van der Waals surface area contributed by atoms with E-state index in [1.165, 1.54) is 28.7 Å². The van der Waals surface area contributed by atoms with Gasteiger partial charge in [-0.2, -0.15) is 0 Å². The molecule has 0 unspecified atom stereocenters. The number of hydrogen-bond donors (Lipinski definition) is 0. The lowest BCUT2D eigenvalue weighted by Gasteiger charge is -2.03. The van der Waals surface area contributed by atoms with Crippen LogP contribution < -0.4 is 0 Å². The van der Waals surface area contributed by atoms with Crippen molar-refractivity contribution in [3.63, 3.8) is 0 Å². The molecule has 0 radical (unpaired) electrons. The quantitative estimate of drug-likeness (QED) is 0.496. The molecule has 25 heavy (non-hydrogen) atoms. The highest BCUT2D eigenvalue weighted by atomic mass is 14.0. The van der Waals surface area contributed by atoms with Gasteiger partial charge in [0.2, 0.25) is 0 Å². The SMILES string of the molecule is CCCc1ccc(C#Cc2ccc(-c3ccc(CC)cc3)cc2)cc1. The molecule has 0 atom stereocenters. The number of hydrogen-bond acceptors (Lipinski definition) is 0. The number of rotatable bonds is 4. The molecular formula is C25H24. The van der Waals surface area contributed by atoms with E-state index in [9.17, 15) is 0 Å². The van der Waals surface area contributed by atoms with Gasteiger partial charge in [0.05, 0.1) is 0 Å². The molecule has 0 heteroatoms. The van der Waals surface area contributed by atoms with Crippen molar-refractivity contribution in [2.75, 3.05) is 0 Å². The maximum atomic E-state index is 3.26. The van der Waals surface area contributed by atoms with E-state index in [0.717, 1.165) is 24.0 Å². The zero-order chi connectivity index (χ0) is 17.5. The molecule has 0 aliphatic rings. The third-order valence-corrected chi connectivity index (χ3v) is 4.42. The average molecular weight is 324 g/mol. The summed E-state index contributed by atoms with van der Waals surface area (Å²) in [5.74, 6) is 6.51. The van der Waals surface area contributed by atoms with Gasteiger partial charge in [-0.1, -0.05) is 80.6 Å². The van der Waals surface area contributed by atoms with Crippen LogP contribution >= 0.6 is 0 Å². The molecule has 3 aromatic rings. The first-order chi connectivity index (χ1) is 12.3. The fourth-order valence-corrected chi connectivity index (χ4v) is 2.87. The maximum absolute atomic E-state index is 3.26. The molecule has 0 heterocycles. The predicted octanol–water partition coefficient (Wildman–Crippen LogP) is 6.27. The second-order valence-corrected chi connectivity index (χ2v) is 6.32. The average Bonchev–Trinajstić information content (AvgIpc) is 2.68. The second kappa shape index (κ2) is 8.36. The summed E-state index contributed by atoms with van der Waals surface area (Å²) in [6, 6.07) is 25.9. The van der Waals surface area contributed by atoms with Crippen LogP contribution in [-0.2, 0) is 12.8 Å². The first-order valence-corrected chi connectivity index (χ1v) is 9.09. The van der Waals surface area contributed by atoms with Crippen molar-refractivity contribution in [1.82, 2.24) is 0 Å². The van der Waals surface area contributed by atoms with Gasteiger partial charge in [0.15, 0.2) is 0 Å². The number of aryl methyl sites for hydroxylation is 2. The Bertz CT molecular complexity index is 855. The summed E-state index contributed by atoms with van der Waals surface area (Å²) in [7, 11) is 0. The van der Waals surface area contributed by atoms with E-state index in [0.29, 0.717) is 0 Å². The van der Waals surface area contributed by atoms with Gasteiger partial charge in [0.1, 0.15) is 0 Å². The summed E-state index contributed by atoms with van der Waals surface area (Å²) >= 11 is 0. The van der Waals surface area contributed by atoms with Gasteiger partial charge in [0, 0.05) is 11.1 Å². The molecule has 0 bridgehead atoms. The zero-order valence-electron chi connectivity index (χ0n) is 15.0. The van der Waals surface area contributed by atoms with Crippen molar-refractivity contribution in [3.8, 4) is 23.0 Å². The Kier molecular flexibility index (Phi) is 5.70. The smallest absolute Gasteiger partial charge is 0.0249 e. The summed E-state index contributed by atoms with van der Waals surface area (Å²) in [5.41, 5.74) is 7.36. The highest BCUT2D eigenvalue weighted by molar-refractivity contribution is 5.64. The highest BCUT2D eigenvalue weighted by Crippen LogP contribution is 2.20. The summed E-state index contributed by atoms with van der Waals surface area (Å²) in [5, 5.41) is 0.